The quantitative estimate of drug-likeness (QED) is 0.688. The van der Waals surface area contributed by atoms with Gasteiger partial charge in [0.15, 0.2) is 0 Å². The third-order valence-electron chi connectivity index (χ3n) is 6.69. The number of hydrogen-bond acceptors (Lipinski definition) is 1. The Kier molecular flexibility index (Phi) is 4.40. The molecule has 20 heavy (non-hydrogen) atoms. The number of aliphatic hydroxyl groups is 1. The van der Waals surface area contributed by atoms with Crippen LogP contribution in [0.1, 0.15) is 79.1 Å². The second kappa shape index (κ2) is 5.48. The van der Waals surface area contributed by atoms with E-state index in [1.165, 1.54) is 38.5 Å². The van der Waals surface area contributed by atoms with Crippen molar-refractivity contribution in [3.8, 4) is 0 Å². The molecule has 1 nitrogen and oxygen atoms in total. The van der Waals surface area contributed by atoms with Crippen molar-refractivity contribution in [2.75, 3.05) is 0 Å². The van der Waals surface area contributed by atoms with Crippen molar-refractivity contribution >= 4 is 0 Å². The Morgan fingerprint density at radius 2 is 1.90 bits per heavy atom. The van der Waals surface area contributed by atoms with Crippen LogP contribution in [0.3, 0.4) is 0 Å². The Balaban J connectivity index is 2.11. The van der Waals surface area contributed by atoms with Gasteiger partial charge in [-0.05, 0) is 68.1 Å². The second-order valence-corrected chi connectivity index (χ2v) is 8.63. The van der Waals surface area contributed by atoms with Crippen LogP contribution in [0.5, 0.6) is 0 Å². The van der Waals surface area contributed by atoms with Gasteiger partial charge < -0.3 is 5.11 Å². The summed E-state index contributed by atoms with van der Waals surface area (Å²) in [5.74, 6) is 1.66. The first-order valence-corrected chi connectivity index (χ1v) is 8.57. The van der Waals surface area contributed by atoms with Crippen LogP contribution in [0.4, 0.5) is 0 Å². The summed E-state index contributed by atoms with van der Waals surface area (Å²) in [6.07, 6.45) is 12.0. The second-order valence-electron chi connectivity index (χ2n) is 8.63. The topological polar surface area (TPSA) is 20.2 Å². The Morgan fingerprint density at radius 3 is 2.55 bits per heavy atom. The van der Waals surface area contributed by atoms with Crippen LogP contribution >= 0.6 is 0 Å². The van der Waals surface area contributed by atoms with Crippen LogP contribution in [0.2, 0.25) is 0 Å². The SMILES string of the molecule is C=C[C@](C)(O)CC[C@@H]1CCC[C@@H]2C(C)(C)CCC[C@]12C. The van der Waals surface area contributed by atoms with E-state index >= 15 is 0 Å². The van der Waals surface area contributed by atoms with Gasteiger partial charge in [-0.3, -0.25) is 0 Å². The Bertz CT molecular complexity index is 355. The minimum absolute atomic E-state index is 0.497. The van der Waals surface area contributed by atoms with Crippen molar-refractivity contribution in [1.29, 1.82) is 0 Å². The molecule has 116 valence electrons. The van der Waals surface area contributed by atoms with Crippen LogP contribution in [-0.4, -0.2) is 10.7 Å². The predicted octanol–water partition coefficient (Wildman–Crippen LogP) is 5.34. The average Bonchev–Trinajstić information content (AvgIpc) is 2.36. The molecule has 0 heterocycles. The minimum atomic E-state index is -0.687. The first kappa shape index (κ1) is 16.1. The summed E-state index contributed by atoms with van der Waals surface area (Å²) in [5, 5.41) is 10.2. The van der Waals surface area contributed by atoms with E-state index in [4.69, 9.17) is 0 Å². The summed E-state index contributed by atoms with van der Waals surface area (Å²) in [6, 6.07) is 0. The number of fused-ring (bicyclic) bond motifs is 1. The largest absolute Gasteiger partial charge is 0.386 e. The Hall–Kier alpha value is -0.300. The van der Waals surface area contributed by atoms with E-state index < -0.39 is 5.60 Å². The first-order valence-electron chi connectivity index (χ1n) is 8.57. The number of hydrogen-bond donors (Lipinski definition) is 1. The zero-order chi connectivity index (χ0) is 15.0. The molecule has 0 saturated heterocycles. The van der Waals surface area contributed by atoms with E-state index in [1.54, 1.807) is 6.08 Å². The van der Waals surface area contributed by atoms with Gasteiger partial charge in [0.1, 0.15) is 0 Å². The van der Waals surface area contributed by atoms with Crippen LogP contribution in [0.25, 0.3) is 0 Å². The highest BCUT2D eigenvalue weighted by Gasteiger charge is 2.51. The van der Waals surface area contributed by atoms with Gasteiger partial charge >= 0.3 is 0 Å². The molecule has 0 aliphatic heterocycles. The fourth-order valence-electron chi connectivity index (χ4n) is 5.32. The monoisotopic (exact) mass is 278 g/mol. The molecule has 0 unspecified atom stereocenters. The highest BCUT2D eigenvalue weighted by molar-refractivity contribution is 5.02. The van der Waals surface area contributed by atoms with Crippen LogP contribution in [-0.2, 0) is 0 Å². The zero-order valence-electron chi connectivity index (χ0n) is 14.0. The van der Waals surface area contributed by atoms with E-state index in [0.717, 1.165) is 24.7 Å². The van der Waals surface area contributed by atoms with Crippen molar-refractivity contribution in [3.05, 3.63) is 12.7 Å². The van der Waals surface area contributed by atoms with Crippen LogP contribution in [0.15, 0.2) is 12.7 Å². The lowest BCUT2D eigenvalue weighted by molar-refractivity contribution is -0.0792. The zero-order valence-corrected chi connectivity index (χ0v) is 14.0. The average molecular weight is 278 g/mol. The van der Waals surface area contributed by atoms with E-state index in [9.17, 15) is 5.11 Å². The third kappa shape index (κ3) is 2.98. The molecule has 0 aromatic rings. The fourth-order valence-corrected chi connectivity index (χ4v) is 5.32. The summed E-state index contributed by atoms with van der Waals surface area (Å²) < 4.78 is 0. The van der Waals surface area contributed by atoms with E-state index in [-0.39, 0.29) is 0 Å². The molecule has 0 amide bonds. The van der Waals surface area contributed by atoms with Gasteiger partial charge in [-0.1, -0.05) is 39.7 Å². The normalized spacial score (nSPS) is 39.6. The highest BCUT2D eigenvalue weighted by atomic mass is 16.3. The van der Waals surface area contributed by atoms with Crippen LogP contribution < -0.4 is 0 Å². The fraction of sp³-hybridized carbons (Fsp3) is 0.895. The molecule has 2 aliphatic rings. The van der Waals surface area contributed by atoms with Crippen LogP contribution in [0, 0.1) is 22.7 Å². The van der Waals surface area contributed by atoms with Gasteiger partial charge in [0.05, 0.1) is 5.60 Å². The lowest BCUT2D eigenvalue weighted by Gasteiger charge is -2.57. The Labute approximate surface area is 125 Å². The molecular formula is C19H34O. The molecule has 4 atom stereocenters. The minimum Gasteiger partial charge on any atom is -0.386 e. The molecule has 0 radical (unpaired) electrons. The summed E-state index contributed by atoms with van der Waals surface area (Å²) in [4.78, 5) is 0. The number of rotatable bonds is 4. The maximum Gasteiger partial charge on any atom is 0.0797 e. The molecule has 0 bridgehead atoms. The molecule has 2 fully saturated rings. The van der Waals surface area contributed by atoms with E-state index in [2.05, 4.69) is 27.4 Å². The maximum absolute atomic E-state index is 10.2. The first-order chi connectivity index (χ1) is 9.21. The summed E-state index contributed by atoms with van der Waals surface area (Å²) in [6.45, 7) is 13.2. The lowest BCUT2D eigenvalue weighted by Crippen LogP contribution is -2.49. The molecule has 2 aliphatic carbocycles. The molecule has 0 aromatic carbocycles. The van der Waals surface area contributed by atoms with E-state index in [1.807, 2.05) is 6.92 Å². The highest BCUT2D eigenvalue weighted by Crippen LogP contribution is 2.60. The summed E-state index contributed by atoms with van der Waals surface area (Å²) in [7, 11) is 0. The molecule has 1 N–H and O–H groups in total. The van der Waals surface area contributed by atoms with Crippen molar-refractivity contribution in [2.24, 2.45) is 22.7 Å². The summed E-state index contributed by atoms with van der Waals surface area (Å²) in [5.41, 5.74) is 0.317. The summed E-state index contributed by atoms with van der Waals surface area (Å²) >= 11 is 0. The van der Waals surface area contributed by atoms with Gasteiger partial charge in [0.2, 0.25) is 0 Å². The molecule has 0 spiro atoms. The van der Waals surface area contributed by atoms with Gasteiger partial charge in [-0.2, -0.15) is 0 Å². The van der Waals surface area contributed by atoms with Crippen molar-refractivity contribution in [2.45, 2.75) is 84.7 Å². The van der Waals surface area contributed by atoms with Crippen molar-refractivity contribution in [1.82, 2.24) is 0 Å². The standard InChI is InChI=1S/C19H34O/c1-6-18(4,20)14-11-15-9-7-10-16-17(2,3)12-8-13-19(15,16)5/h6,15-16,20H,1,7-14H2,2-5H3/t15-,16+,18-,19+/m0/s1. The molecule has 1 heteroatoms. The molecule has 0 aromatic heterocycles. The van der Waals surface area contributed by atoms with Gasteiger partial charge in [-0.25, -0.2) is 0 Å². The lowest BCUT2D eigenvalue weighted by atomic mass is 9.48. The van der Waals surface area contributed by atoms with E-state index in [0.29, 0.717) is 10.8 Å². The van der Waals surface area contributed by atoms with Crippen molar-refractivity contribution < 1.29 is 5.11 Å². The third-order valence-corrected chi connectivity index (χ3v) is 6.69. The van der Waals surface area contributed by atoms with Crippen molar-refractivity contribution in [3.63, 3.8) is 0 Å². The molecule has 2 rings (SSSR count). The van der Waals surface area contributed by atoms with Gasteiger partial charge in [0, 0.05) is 0 Å². The maximum atomic E-state index is 10.2. The molecule has 2 saturated carbocycles. The predicted molar refractivity (Wildman–Crippen MR) is 86.6 cm³/mol. The van der Waals surface area contributed by atoms with Gasteiger partial charge in [0.25, 0.3) is 0 Å². The smallest absolute Gasteiger partial charge is 0.0797 e. The Morgan fingerprint density at radius 1 is 1.20 bits per heavy atom. The molecular weight excluding hydrogens is 244 g/mol. The van der Waals surface area contributed by atoms with Gasteiger partial charge in [-0.15, -0.1) is 6.58 Å².